The minimum atomic E-state index is -3.69. The van der Waals surface area contributed by atoms with Crippen molar-refractivity contribution in [2.45, 2.75) is 4.90 Å². The molecule has 10 heteroatoms. The van der Waals surface area contributed by atoms with Crippen molar-refractivity contribution in [3.8, 4) is 0 Å². The molecule has 0 aliphatic rings. The number of sulfonamides is 1. The van der Waals surface area contributed by atoms with Crippen LogP contribution in [0.3, 0.4) is 0 Å². The van der Waals surface area contributed by atoms with E-state index in [-0.39, 0.29) is 10.0 Å². The van der Waals surface area contributed by atoms with Crippen molar-refractivity contribution >= 4 is 54.2 Å². The van der Waals surface area contributed by atoms with Crippen molar-refractivity contribution in [2.24, 2.45) is 0 Å². The van der Waals surface area contributed by atoms with E-state index in [4.69, 9.17) is 11.6 Å². The lowest BCUT2D eigenvalue weighted by Gasteiger charge is -2.05. The average molecular weight is 356 g/mol. The number of nitrogens with zero attached hydrogens (tertiary/aromatic N) is 3. The van der Waals surface area contributed by atoms with E-state index in [1.807, 2.05) is 0 Å². The molecule has 0 atom stereocenters. The SMILES string of the molecule is O=S(=O)(Nc1nnns1)c1ccc(Cl)c(Br)c1. The molecule has 6 nitrogen and oxygen atoms in total. The number of anilines is 1. The van der Waals surface area contributed by atoms with E-state index in [2.05, 4.69) is 35.5 Å². The highest BCUT2D eigenvalue weighted by molar-refractivity contribution is 9.10. The Kier molecular flexibility index (Phi) is 3.61. The third-order valence-electron chi connectivity index (χ3n) is 1.72. The van der Waals surface area contributed by atoms with Gasteiger partial charge in [0, 0.05) is 16.0 Å². The van der Waals surface area contributed by atoms with Crippen LogP contribution in [0.15, 0.2) is 27.6 Å². The molecule has 1 aromatic heterocycles. The molecule has 2 aromatic rings. The third kappa shape index (κ3) is 2.92. The van der Waals surface area contributed by atoms with E-state index < -0.39 is 10.0 Å². The Morgan fingerprint density at radius 2 is 2.18 bits per heavy atom. The molecule has 1 heterocycles. The zero-order valence-electron chi connectivity index (χ0n) is 7.96. The topological polar surface area (TPSA) is 84.8 Å². The molecule has 0 saturated heterocycles. The van der Waals surface area contributed by atoms with Crippen molar-refractivity contribution in [2.75, 3.05) is 4.72 Å². The summed E-state index contributed by atoms with van der Waals surface area (Å²) in [5.74, 6) is 0. The molecule has 0 bridgehead atoms. The first-order valence-electron chi connectivity index (χ1n) is 4.12. The maximum atomic E-state index is 11.9. The maximum Gasteiger partial charge on any atom is 0.263 e. The van der Waals surface area contributed by atoms with Gasteiger partial charge in [-0.1, -0.05) is 21.2 Å². The standard InChI is InChI=1S/C7H4BrClN4O2S2/c8-5-3-4(1-2-6(5)9)17(14,15)11-7-10-12-13-16-7/h1-3H,(H,10,11,13). The number of rotatable bonds is 3. The van der Waals surface area contributed by atoms with Crippen molar-refractivity contribution in [3.63, 3.8) is 0 Å². The van der Waals surface area contributed by atoms with E-state index in [0.717, 1.165) is 11.5 Å². The van der Waals surface area contributed by atoms with Crippen LogP contribution in [0.2, 0.25) is 5.02 Å². The van der Waals surface area contributed by atoms with Crippen molar-refractivity contribution in [1.29, 1.82) is 0 Å². The monoisotopic (exact) mass is 354 g/mol. The molecule has 0 radical (unpaired) electrons. The van der Waals surface area contributed by atoms with Gasteiger partial charge >= 0.3 is 0 Å². The fraction of sp³-hybridized carbons (Fsp3) is 0. The molecule has 0 aliphatic carbocycles. The molecule has 0 amide bonds. The first-order chi connectivity index (χ1) is 7.99. The lowest BCUT2D eigenvalue weighted by Crippen LogP contribution is -2.12. The Balaban J connectivity index is 2.35. The first-order valence-corrected chi connectivity index (χ1v) is 7.55. The van der Waals surface area contributed by atoms with Gasteiger partial charge in [0.15, 0.2) is 0 Å². The van der Waals surface area contributed by atoms with Gasteiger partial charge in [0.05, 0.1) is 9.92 Å². The van der Waals surface area contributed by atoms with E-state index in [9.17, 15) is 8.42 Å². The molecule has 0 spiro atoms. The number of nitrogens with one attached hydrogen (secondary N) is 1. The van der Waals surface area contributed by atoms with E-state index in [0.29, 0.717) is 9.50 Å². The Hall–Kier alpha value is -0.770. The van der Waals surface area contributed by atoms with Crippen LogP contribution in [-0.4, -0.2) is 23.2 Å². The summed E-state index contributed by atoms with van der Waals surface area (Å²) in [6.45, 7) is 0. The van der Waals surface area contributed by atoms with Gasteiger partial charge in [-0.05, 0) is 39.3 Å². The van der Waals surface area contributed by atoms with E-state index in [1.165, 1.54) is 18.2 Å². The summed E-state index contributed by atoms with van der Waals surface area (Å²) >= 11 is 9.79. The zero-order valence-corrected chi connectivity index (χ0v) is 11.9. The summed E-state index contributed by atoms with van der Waals surface area (Å²) in [5.41, 5.74) is 0. The molecule has 1 aromatic carbocycles. The minimum absolute atomic E-state index is 0.0731. The molecule has 90 valence electrons. The first kappa shape index (κ1) is 12.7. The highest BCUT2D eigenvalue weighted by atomic mass is 79.9. The van der Waals surface area contributed by atoms with Gasteiger partial charge in [-0.25, -0.2) is 8.42 Å². The molecule has 0 aliphatic heterocycles. The van der Waals surface area contributed by atoms with Gasteiger partial charge in [-0.15, -0.1) is 0 Å². The van der Waals surface area contributed by atoms with Crippen molar-refractivity contribution in [3.05, 3.63) is 27.7 Å². The van der Waals surface area contributed by atoms with Crippen LogP contribution >= 0.6 is 39.1 Å². The van der Waals surface area contributed by atoms with Crippen LogP contribution in [0.25, 0.3) is 0 Å². The summed E-state index contributed by atoms with van der Waals surface area (Å²) < 4.78 is 30.0. The Morgan fingerprint density at radius 3 is 2.76 bits per heavy atom. The quantitative estimate of drug-likeness (QED) is 0.912. The number of benzene rings is 1. The van der Waals surface area contributed by atoms with Crippen LogP contribution in [0, 0.1) is 0 Å². The van der Waals surface area contributed by atoms with Crippen LogP contribution in [0.1, 0.15) is 0 Å². The lowest BCUT2D eigenvalue weighted by molar-refractivity contribution is 0.601. The smallest absolute Gasteiger partial charge is 0.252 e. The maximum absolute atomic E-state index is 11.9. The highest BCUT2D eigenvalue weighted by Crippen LogP contribution is 2.26. The van der Waals surface area contributed by atoms with Crippen molar-refractivity contribution in [1.82, 2.24) is 14.8 Å². The molecule has 0 fully saturated rings. The molecular formula is C7H4BrClN4O2S2. The van der Waals surface area contributed by atoms with Gasteiger partial charge in [0.25, 0.3) is 10.0 Å². The summed E-state index contributed by atoms with van der Waals surface area (Å²) in [6.07, 6.45) is 0. The average Bonchev–Trinajstić information content (AvgIpc) is 2.73. The summed E-state index contributed by atoms with van der Waals surface area (Å²) in [6, 6.07) is 4.28. The van der Waals surface area contributed by atoms with Crippen LogP contribution in [-0.2, 0) is 10.0 Å². The molecule has 17 heavy (non-hydrogen) atoms. The number of halogens is 2. The second kappa shape index (κ2) is 4.84. The predicted molar refractivity (Wildman–Crippen MR) is 67.7 cm³/mol. The molecule has 2 rings (SSSR count). The third-order valence-corrected chi connectivity index (χ3v) is 4.91. The molecule has 1 N–H and O–H groups in total. The Bertz CT molecular complexity index is 631. The van der Waals surface area contributed by atoms with Gasteiger partial charge in [0.1, 0.15) is 0 Å². The van der Waals surface area contributed by atoms with Crippen molar-refractivity contribution < 1.29 is 8.42 Å². The van der Waals surface area contributed by atoms with Crippen LogP contribution in [0.4, 0.5) is 5.13 Å². The molecule has 0 unspecified atom stereocenters. The second-order valence-electron chi connectivity index (χ2n) is 2.85. The second-order valence-corrected chi connectivity index (χ2v) is 6.53. The summed E-state index contributed by atoms with van der Waals surface area (Å²) in [7, 11) is -3.69. The zero-order chi connectivity index (χ0) is 12.5. The van der Waals surface area contributed by atoms with Crippen LogP contribution < -0.4 is 4.72 Å². The summed E-state index contributed by atoms with van der Waals surface area (Å²) in [5, 5.41) is 7.33. The van der Waals surface area contributed by atoms with Gasteiger partial charge < -0.3 is 0 Å². The number of hydrogen-bond acceptors (Lipinski definition) is 6. The normalized spacial score (nSPS) is 11.4. The molecular weight excluding hydrogens is 352 g/mol. The van der Waals surface area contributed by atoms with Gasteiger partial charge in [-0.2, -0.15) is 0 Å². The number of hydrogen-bond donors (Lipinski definition) is 1. The lowest BCUT2D eigenvalue weighted by atomic mass is 10.4. The number of aromatic nitrogens is 3. The van der Waals surface area contributed by atoms with Gasteiger partial charge in [-0.3, -0.25) is 4.72 Å². The largest absolute Gasteiger partial charge is 0.263 e. The Labute approximate surface area is 114 Å². The van der Waals surface area contributed by atoms with Gasteiger partial charge in [0.2, 0.25) is 5.13 Å². The van der Waals surface area contributed by atoms with E-state index >= 15 is 0 Å². The highest BCUT2D eigenvalue weighted by Gasteiger charge is 2.17. The molecule has 0 saturated carbocycles. The van der Waals surface area contributed by atoms with E-state index in [1.54, 1.807) is 0 Å². The van der Waals surface area contributed by atoms with Crippen LogP contribution in [0.5, 0.6) is 0 Å². The Morgan fingerprint density at radius 1 is 1.41 bits per heavy atom. The predicted octanol–water partition coefficient (Wildman–Crippen LogP) is 2.15. The summed E-state index contributed by atoms with van der Waals surface area (Å²) in [4.78, 5) is 0.0731. The fourth-order valence-corrected chi connectivity index (χ4v) is 3.25. The minimum Gasteiger partial charge on any atom is -0.252 e. The fourth-order valence-electron chi connectivity index (χ4n) is 0.991.